The molecule has 1 atom stereocenters. The van der Waals surface area contributed by atoms with Crippen LogP contribution in [0, 0.1) is 0 Å². The van der Waals surface area contributed by atoms with Gasteiger partial charge in [-0.1, -0.05) is 11.6 Å². The van der Waals surface area contributed by atoms with Gasteiger partial charge in [-0.25, -0.2) is 4.79 Å². The molecule has 1 fully saturated rings. The third-order valence-electron chi connectivity index (χ3n) is 3.09. The van der Waals surface area contributed by atoms with Gasteiger partial charge in [-0.2, -0.15) is 0 Å². The average molecular weight is 258 g/mol. The topological polar surface area (TPSA) is 58.1 Å². The molecular weight excluding hydrogens is 242 g/mol. The normalized spacial score (nSPS) is 18.5. The van der Waals surface area contributed by atoms with E-state index in [2.05, 4.69) is 9.88 Å². The van der Waals surface area contributed by atoms with E-state index in [1.165, 1.54) is 23.5 Å². The van der Waals surface area contributed by atoms with E-state index < -0.39 is 5.69 Å². The summed E-state index contributed by atoms with van der Waals surface area (Å²) in [5.41, 5.74) is -0.778. The molecule has 1 aliphatic rings. The first-order valence-corrected chi connectivity index (χ1v) is 6.19. The van der Waals surface area contributed by atoms with Crippen LogP contribution < -0.4 is 11.2 Å². The molecule has 6 heteroatoms. The molecule has 1 aromatic heterocycles. The fraction of sp³-hybridized carbons (Fsp3) is 0.636. The summed E-state index contributed by atoms with van der Waals surface area (Å²) in [6, 6.07) is 1.10. The molecule has 0 saturated carbocycles. The van der Waals surface area contributed by atoms with Crippen LogP contribution in [0.1, 0.15) is 25.8 Å². The van der Waals surface area contributed by atoms with Crippen molar-refractivity contribution in [2.75, 3.05) is 19.6 Å². The molecule has 0 radical (unpaired) electrons. The molecule has 0 bridgehead atoms. The number of aromatic nitrogens is 2. The van der Waals surface area contributed by atoms with Gasteiger partial charge < -0.3 is 4.90 Å². The first kappa shape index (κ1) is 12.4. The Kier molecular flexibility index (Phi) is 3.69. The zero-order chi connectivity index (χ0) is 12.4. The van der Waals surface area contributed by atoms with Gasteiger partial charge in [0.2, 0.25) is 0 Å². The van der Waals surface area contributed by atoms with Gasteiger partial charge in [-0.3, -0.25) is 14.3 Å². The standard InChI is InChI=1S/C11H16ClN3O2/c1-8(7-14-4-2-3-5-14)15-10(16)6-9(12)13-11(15)17/h6,8H,2-5,7H2,1H3,(H,13,17). The molecule has 1 saturated heterocycles. The number of nitrogens with one attached hydrogen (secondary N) is 1. The summed E-state index contributed by atoms with van der Waals surface area (Å²) >= 11 is 5.62. The summed E-state index contributed by atoms with van der Waals surface area (Å²) in [4.78, 5) is 28.1. The van der Waals surface area contributed by atoms with Gasteiger partial charge in [-0.05, 0) is 32.9 Å². The highest BCUT2D eigenvalue weighted by molar-refractivity contribution is 6.29. The monoisotopic (exact) mass is 257 g/mol. The molecule has 5 nitrogen and oxygen atoms in total. The lowest BCUT2D eigenvalue weighted by molar-refractivity contribution is 0.281. The van der Waals surface area contributed by atoms with Crippen molar-refractivity contribution in [2.45, 2.75) is 25.8 Å². The predicted octanol–water partition coefficient (Wildman–Crippen LogP) is 0.847. The van der Waals surface area contributed by atoms with Crippen LogP contribution in [0.4, 0.5) is 0 Å². The Bertz CT molecular complexity index is 471. The van der Waals surface area contributed by atoms with Crippen molar-refractivity contribution >= 4 is 11.6 Å². The van der Waals surface area contributed by atoms with Crippen molar-refractivity contribution in [3.63, 3.8) is 0 Å². The first-order valence-electron chi connectivity index (χ1n) is 5.81. The maximum atomic E-state index is 11.7. The lowest BCUT2D eigenvalue weighted by atomic mass is 10.3. The highest BCUT2D eigenvalue weighted by atomic mass is 35.5. The second-order valence-electron chi connectivity index (χ2n) is 4.49. The van der Waals surface area contributed by atoms with Crippen LogP contribution >= 0.6 is 11.6 Å². The molecule has 1 N–H and O–H groups in total. The van der Waals surface area contributed by atoms with Crippen molar-refractivity contribution in [1.82, 2.24) is 14.5 Å². The second kappa shape index (κ2) is 5.06. The minimum absolute atomic E-state index is 0.0876. The zero-order valence-electron chi connectivity index (χ0n) is 9.78. The van der Waals surface area contributed by atoms with E-state index in [9.17, 15) is 9.59 Å². The number of likely N-dealkylation sites (tertiary alicyclic amines) is 1. The molecule has 0 amide bonds. The van der Waals surface area contributed by atoms with Gasteiger partial charge in [0, 0.05) is 12.6 Å². The Morgan fingerprint density at radius 3 is 2.65 bits per heavy atom. The number of hydrogen-bond donors (Lipinski definition) is 1. The Balaban J connectivity index is 2.21. The van der Waals surface area contributed by atoms with Gasteiger partial charge in [0.05, 0.1) is 6.04 Å². The van der Waals surface area contributed by atoms with E-state index in [1.807, 2.05) is 6.92 Å². The summed E-state index contributed by atoms with van der Waals surface area (Å²) in [5.74, 6) is 0. The average Bonchev–Trinajstić information content (AvgIpc) is 2.68. The number of H-pyrrole nitrogens is 1. The van der Waals surface area contributed by atoms with Gasteiger partial charge in [0.25, 0.3) is 5.56 Å². The summed E-state index contributed by atoms with van der Waals surface area (Å²) in [7, 11) is 0. The Hall–Kier alpha value is -1.07. The Labute approximate surface area is 104 Å². The Morgan fingerprint density at radius 1 is 1.41 bits per heavy atom. The van der Waals surface area contributed by atoms with Crippen LogP contribution in [0.3, 0.4) is 0 Å². The van der Waals surface area contributed by atoms with Gasteiger partial charge >= 0.3 is 5.69 Å². The third-order valence-corrected chi connectivity index (χ3v) is 3.30. The third kappa shape index (κ3) is 2.79. The van der Waals surface area contributed by atoms with Crippen molar-refractivity contribution in [3.05, 3.63) is 32.1 Å². The van der Waals surface area contributed by atoms with E-state index in [-0.39, 0.29) is 16.8 Å². The van der Waals surface area contributed by atoms with E-state index in [1.54, 1.807) is 0 Å². The molecule has 94 valence electrons. The van der Waals surface area contributed by atoms with Crippen LogP contribution in [-0.4, -0.2) is 34.1 Å². The van der Waals surface area contributed by atoms with Crippen LogP contribution in [0.15, 0.2) is 15.7 Å². The molecular formula is C11H16ClN3O2. The fourth-order valence-electron chi connectivity index (χ4n) is 2.31. The minimum Gasteiger partial charge on any atom is -0.301 e. The van der Waals surface area contributed by atoms with Gasteiger partial charge in [0.1, 0.15) is 5.15 Å². The SMILES string of the molecule is CC(CN1CCCC1)n1c(=O)cc(Cl)[nH]c1=O. The lowest BCUT2D eigenvalue weighted by Gasteiger charge is -2.21. The van der Waals surface area contributed by atoms with Gasteiger partial charge in [0.15, 0.2) is 0 Å². The highest BCUT2D eigenvalue weighted by Gasteiger charge is 2.17. The fourth-order valence-corrected chi connectivity index (χ4v) is 2.49. The van der Waals surface area contributed by atoms with Crippen LogP contribution in [0.2, 0.25) is 5.15 Å². The van der Waals surface area contributed by atoms with E-state index in [0.29, 0.717) is 0 Å². The molecule has 2 heterocycles. The first-order chi connectivity index (χ1) is 8.08. The maximum absolute atomic E-state index is 11.7. The van der Waals surface area contributed by atoms with Crippen molar-refractivity contribution in [2.24, 2.45) is 0 Å². The van der Waals surface area contributed by atoms with Crippen molar-refractivity contribution in [3.8, 4) is 0 Å². The molecule has 17 heavy (non-hydrogen) atoms. The zero-order valence-corrected chi connectivity index (χ0v) is 10.5. The molecule has 1 unspecified atom stereocenters. The largest absolute Gasteiger partial charge is 0.329 e. The van der Waals surface area contributed by atoms with Crippen LogP contribution in [-0.2, 0) is 0 Å². The summed E-state index contributed by atoms with van der Waals surface area (Å²) < 4.78 is 1.23. The second-order valence-corrected chi connectivity index (χ2v) is 4.89. The summed E-state index contributed by atoms with van der Waals surface area (Å²) in [5, 5.41) is 0.0876. The number of nitrogens with zero attached hydrogens (tertiary/aromatic N) is 2. The highest BCUT2D eigenvalue weighted by Crippen LogP contribution is 2.11. The predicted molar refractivity (Wildman–Crippen MR) is 66.7 cm³/mol. The molecule has 0 spiro atoms. The molecule has 0 aromatic carbocycles. The quantitative estimate of drug-likeness (QED) is 0.817. The van der Waals surface area contributed by atoms with E-state index in [0.717, 1.165) is 19.6 Å². The lowest BCUT2D eigenvalue weighted by Crippen LogP contribution is -2.40. The molecule has 0 aliphatic carbocycles. The van der Waals surface area contributed by atoms with Crippen LogP contribution in [0.5, 0.6) is 0 Å². The number of halogens is 1. The molecule has 1 aliphatic heterocycles. The van der Waals surface area contributed by atoms with E-state index in [4.69, 9.17) is 11.6 Å². The molecule has 1 aromatic rings. The molecule has 2 rings (SSSR count). The number of aromatic amines is 1. The van der Waals surface area contributed by atoms with Crippen molar-refractivity contribution in [1.29, 1.82) is 0 Å². The van der Waals surface area contributed by atoms with Gasteiger partial charge in [-0.15, -0.1) is 0 Å². The minimum atomic E-state index is -0.436. The summed E-state index contributed by atoms with van der Waals surface area (Å²) in [6.45, 7) is 4.70. The van der Waals surface area contributed by atoms with Crippen LogP contribution in [0.25, 0.3) is 0 Å². The smallest absolute Gasteiger partial charge is 0.301 e. The van der Waals surface area contributed by atoms with E-state index >= 15 is 0 Å². The Morgan fingerprint density at radius 2 is 2.06 bits per heavy atom. The number of hydrogen-bond acceptors (Lipinski definition) is 3. The van der Waals surface area contributed by atoms with Crippen molar-refractivity contribution < 1.29 is 0 Å². The number of rotatable bonds is 3. The summed E-state index contributed by atoms with van der Waals surface area (Å²) in [6.07, 6.45) is 2.39. The maximum Gasteiger partial charge on any atom is 0.329 e.